The molecule has 1 fully saturated rings. The van der Waals surface area contributed by atoms with E-state index >= 15 is 0 Å². The minimum atomic E-state index is -1.00. The second kappa shape index (κ2) is 8.01. The van der Waals surface area contributed by atoms with E-state index in [1.165, 1.54) is 21.3 Å². The number of ether oxygens (including phenoxy) is 4. The van der Waals surface area contributed by atoms with Crippen LogP contribution >= 0.6 is 0 Å². The molecule has 1 aliphatic rings. The van der Waals surface area contributed by atoms with Crippen molar-refractivity contribution in [2.24, 2.45) is 0 Å². The molecule has 0 bridgehead atoms. The fourth-order valence-corrected chi connectivity index (χ4v) is 2.93. The summed E-state index contributed by atoms with van der Waals surface area (Å²) >= 11 is 0. The van der Waals surface area contributed by atoms with Crippen LogP contribution in [0.1, 0.15) is 5.56 Å². The maximum atomic E-state index is 10.3. The summed E-state index contributed by atoms with van der Waals surface area (Å²) in [5, 5.41) is 20.7. The minimum absolute atomic E-state index is 0.336. The number of benzene rings is 1. The summed E-state index contributed by atoms with van der Waals surface area (Å²) in [6.45, 7) is 0.336. The first-order valence-electron chi connectivity index (χ1n) is 7.24. The summed E-state index contributed by atoms with van der Waals surface area (Å²) < 4.78 is 21.8. The fourth-order valence-electron chi connectivity index (χ4n) is 2.93. The van der Waals surface area contributed by atoms with Gasteiger partial charge in [0.2, 0.25) is 0 Å². The number of hydrogen-bond acceptors (Lipinski definition) is 6. The lowest BCUT2D eigenvalue weighted by Crippen LogP contribution is -2.65. The first-order chi connectivity index (χ1) is 10.6. The third-order valence-electron chi connectivity index (χ3n) is 4.10. The van der Waals surface area contributed by atoms with E-state index in [1.807, 2.05) is 30.3 Å². The summed E-state index contributed by atoms with van der Waals surface area (Å²) in [7, 11) is 4.41. The molecule has 0 amide bonds. The van der Waals surface area contributed by atoms with E-state index < -0.39 is 36.6 Å². The van der Waals surface area contributed by atoms with Gasteiger partial charge in [-0.05, 0) is 5.56 Å². The van der Waals surface area contributed by atoms with Crippen molar-refractivity contribution in [3.8, 4) is 0 Å². The first kappa shape index (κ1) is 17.3. The van der Waals surface area contributed by atoms with Crippen molar-refractivity contribution in [3.63, 3.8) is 0 Å². The van der Waals surface area contributed by atoms with Crippen molar-refractivity contribution < 1.29 is 29.2 Å². The molecule has 1 saturated carbocycles. The Labute approximate surface area is 130 Å². The zero-order valence-corrected chi connectivity index (χ0v) is 13.1. The molecule has 2 N–H and O–H groups in total. The maximum absolute atomic E-state index is 10.3. The van der Waals surface area contributed by atoms with Crippen LogP contribution in [0.5, 0.6) is 0 Å². The van der Waals surface area contributed by atoms with Gasteiger partial charge in [-0.25, -0.2) is 0 Å². The molecule has 1 aromatic carbocycles. The number of aliphatic hydroxyl groups excluding tert-OH is 2. The second-order valence-electron chi connectivity index (χ2n) is 5.34. The van der Waals surface area contributed by atoms with Crippen molar-refractivity contribution in [3.05, 3.63) is 35.9 Å². The van der Waals surface area contributed by atoms with Gasteiger partial charge in [-0.1, -0.05) is 30.3 Å². The van der Waals surface area contributed by atoms with E-state index in [4.69, 9.17) is 18.9 Å². The highest BCUT2D eigenvalue weighted by Gasteiger charge is 2.51. The number of methoxy groups -OCH3 is 3. The van der Waals surface area contributed by atoms with E-state index in [1.54, 1.807) is 0 Å². The average Bonchev–Trinajstić information content (AvgIpc) is 2.54. The van der Waals surface area contributed by atoms with Crippen LogP contribution in [0, 0.1) is 0 Å². The zero-order chi connectivity index (χ0) is 16.1. The van der Waals surface area contributed by atoms with Gasteiger partial charge in [-0.3, -0.25) is 0 Å². The lowest BCUT2D eigenvalue weighted by Gasteiger charge is -2.45. The highest BCUT2D eigenvalue weighted by molar-refractivity contribution is 5.13. The van der Waals surface area contributed by atoms with Crippen molar-refractivity contribution in [1.29, 1.82) is 0 Å². The lowest BCUT2D eigenvalue weighted by atomic mass is 9.84. The monoisotopic (exact) mass is 312 g/mol. The van der Waals surface area contributed by atoms with E-state index in [-0.39, 0.29) is 0 Å². The molecule has 0 spiro atoms. The van der Waals surface area contributed by atoms with Crippen molar-refractivity contribution in [1.82, 2.24) is 0 Å². The molecule has 22 heavy (non-hydrogen) atoms. The summed E-state index contributed by atoms with van der Waals surface area (Å²) in [6.07, 6.45) is -4.70. The van der Waals surface area contributed by atoms with Crippen LogP contribution in [0.4, 0.5) is 0 Å². The normalized spacial score (nSPS) is 35.5. The van der Waals surface area contributed by atoms with Gasteiger partial charge in [0.05, 0.1) is 6.61 Å². The van der Waals surface area contributed by atoms with Gasteiger partial charge in [0.15, 0.2) is 0 Å². The van der Waals surface area contributed by atoms with E-state index in [2.05, 4.69) is 0 Å². The molecule has 0 saturated heterocycles. The van der Waals surface area contributed by atoms with Crippen molar-refractivity contribution >= 4 is 0 Å². The molecule has 6 nitrogen and oxygen atoms in total. The predicted octanol–water partition coefficient (Wildman–Crippen LogP) is 0.352. The van der Waals surface area contributed by atoms with Crippen molar-refractivity contribution in [2.75, 3.05) is 21.3 Å². The van der Waals surface area contributed by atoms with E-state index in [0.717, 1.165) is 5.56 Å². The quantitative estimate of drug-likeness (QED) is 0.789. The van der Waals surface area contributed by atoms with Gasteiger partial charge in [0.1, 0.15) is 36.6 Å². The van der Waals surface area contributed by atoms with Crippen LogP contribution < -0.4 is 0 Å². The molecule has 6 heteroatoms. The standard InChI is InChI=1S/C16H24O6/c1-19-13-11(17)14(20-2)16(15(21-3)12(13)18)22-9-10-7-5-4-6-8-10/h4-8,11-18H,9H2,1-3H3/t11-,12+,13?,14-,15-,16?/m1/s1. The molecule has 2 rings (SSSR count). The summed E-state index contributed by atoms with van der Waals surface area (Å²) in [5.74, 6) is 0. The molecule has 6 atom stereocenters. The van der Waals surface area contributed by atoms with Crippen LogP contribution in [0.25, 0.3) is 0 Å². The van der Waals surface area contributed by atoms with Crippen LogP contribution in [0.15, 0.2) is 30.3 Å². The molecule has 1 aliphatic carbocycles. The van der Waals surface area contributed by atoms with Crippen LogP contribution in [-0.2, 0) is 25.6 Å². The van der Waals surface area contributed by atoms with Crippen LogP contribution in [-0.4, -0.2) is 68.2 Å². The molecule has 0 radical (unpaired) electrons. The zero-order valence-electron chi connectivity index (χ0n) is 13.1. The molecule has 2 unspecified atom stereocenters. The molecular formula is C16H24O6. The van der Waals surface area contributed by atoms with Gasteiger partial charge < -0.3 is 29.2 Å². The molecule has 0 heterocycles. The third-order valence-corrected chi connectivity index (χ3v) is 4.10. The highest BCUT2D eigenvalue weighted by Crippen LogP contribution is 2.29. The van der Waals surface area contributed by atoms with Gasteiger partial charge in [0.25, 0.3) is 0 Å². The molecule has 0 aliphatic heterocycles. The maximum Gasteiger partial charge on any atom is 0.115 e. The van der Waals surface area contributed by atoms with Crippen LogP contribution in [0.3, 0.4) is 0 Å². The van der Waals surface area contributed by atoms with Gasteiger partial charge in [-0.2, -0.15) is 0 Å². The Balaban J connectivity index is 2.14. The number of rotatable bonds is 6. The SMILES string of the molecule is COC1[C@@H](O)[C@@H](OC)C(OCc2ccccc2)[C@H](OC)[C@H]1O. The third kappa shape index (κ3) is 3.48. The Morgan fingerprint density at radius 2 is 1.27 bits per heavy atom. The summed E-state index contributed by atoms with van der Waals surface area (Å²) in [4.78, 5) is 0. The van der Waals surface area contributed by atoms with E-state index in [9.17, 15) is 10.2 Å². The van der Waals surface area contributed by atoms with Gasteiger partial charge in [-0.15, -0.1) is 0 Å². The van der Waals surface area contributed by atoms with Crippen molar-refractivity contribution in [2.45, 2.75) is 43.2 Å². The Morgan fingerprint density at radius 1 is 0.773 bits per heavy atom. The Hall–Kier alpha value is -1.02. The Kier molecular flexibility index (Phi) is 6.31. The molecule has 124 valence electrons. The fraction of sp³-hybridized carbons (Fsp3) is 0.625. The lowest BCUT2D eigenvalue weighted by molar-refractivity contribution is -0.254. The van der Waals surface area contributed by atoms with Gasteiger partial charge >= 0.3 is 0 Å². The summed E-state index contributed by atoms with van der Waals surface area (Å²) in [6, 6.07) is 9.66. The van der Waals surface area contributed by atoms with Gasteiger partial charge in [0, 0.05) is 21.3 Å². The van der Waals surface area contributed by atoms with Crippen LogP contribution in [0.2, 0.25) is 0 Å². The largest absolute Gasteiger partial charge is 0.387 e. The molecule has 0 aromatic heterocycles. The molecule has 1 aromatic rings. The Bertz CT molecular complexity index is 422. The number of hydrogen-bond donors (Lipinski definition) is 2. The topological polar surface area (TPSA) is 77.4 Å². The predicted molar refractivity (Wildman–Crippen MR) is 79.4 cm³/mol. The first-order valence-corrected chi connectivity index (χ1v) is 7.24. The smallest absolute Gasteiger partial charge is 0.115 e. The Morgan fingerprint density at radius 3 is 1.73 bits per heavy atom. The second-order valence-corrected chi connectivity index (χ2v) is 5.34. The summed E-state index contributed by atoms with van der Waals surface area (Å²) in [5.41, 5.74) is 0.991. The molecular weight excluding hydrogens is 288 g/mol. The number of aliphatic hydroxyl groups is 2. The highest BCUT2D eigenvalue weighted by atomic mass is 16.6. The van der Waals surface area contributed by atoms with E-state index in [0.29, 0.717) is 6.61 Å². The minimum Gasteiger partial charge on any atom is -0.387 e. The average molecular weight is 312 g/mol.